The van der Waals surface area contributed by atoms with Crippen molar-refractivity contribution in [3.63, 3.8) is 0 Å². The average molecular weight is 238 g/mol. The van der Waals surface area contributed by atoms with Crippen LogP contribution in [0.4, 0.5) is 4.79 Å². The molecular formula is C12H18N2O3. The number of urea groups is 1. The third-order valence-electron chi connectivity index (χ3n) is 3.59. The van der Waals surface area contributed by atoms with Crippen LogP contribution >= 0.6 is 0 Å². The molecule has 1 saturated carbocycles. The Hall–Kier alpha value is -1.39. The molecule has 5 nitrogen and oxygen atoms in total. The van der Waals surface area contributed by atoms with Crippen LogP contribution in [-0.2, 0) is 9.59 Å². The van der Waals surface area contributed by atoms with E-state index in [4.69, 9.17) is 0 Å². The van der Waals surface area contributed by atoms with E-state index in [1.807, 2.05) is 13.8 Å². The van der Waals surface area contributed by atoms with Crippen molar-refractivity contribution in [3.05, 3.63) is 0 Å². The molecule has 17 heavy (non-hydrogen) atoms. The number of rotatable bonds is 4. The molecule has 0 aromatic rings. The molecule has 0 radical (unpaired) electrons. The highest BCUT2D eigenvalue weighted by molar-refractivity contribution is 6.16. The van der Waals surface area contributed by atoms with Crippen molar-refractivity contribution in [3.8, 4) is 0 Å². The van der Waals surface area contributed by atoms with Gasteiger partial charge in [-0.25, -0.2) is 4.79 Å². The van der Waals surface area contributed by atoms with E-state index >= 15 is 0 Å². The molecule has 1 saturated heterocycles. The van der Waals surface area contributed by atoms with Gasteiger partial charge in [0.1, 0.15) is 5.92 Å². The number of hydrogen-bond donors (Lipinski definition) is 1. The molecule has 94 valence electrons. The van der Waals surface area contributed by atoms with Gasteiger partial charge in [0, 0.05) is 6.04 Å². The Kier molecular flexibility index (Phi) is 3.17. The molecule has 2 unspecified atom stereocenters. The molecule has 0 aromatic heterocycles. The zero-order valence-corrected chi connectivity index (χ0v) is 10.2. The summed E-state index contributed by atoms with van der Waals surface area (Å²) in [6.45, 7) is 3.81. The van der Waals surface area contributed by atoms with Crippen molar-refractivity contribution in [2.75, 3.05) is 0 Å². The van der Waals surface area contributed by atoms with E-state index in [9.17, 15) is 14.4 Å². The third-order valence-corrected chi connectivity index (χ3v) is 3.59. The number of hydrogen-bond acceptors (Lipinski definition) is 3. The van der Waals surface area contributed by atoms with Gasteiger partial charge in [0.25, 0.3) is 0 Å². The smallest absolute Gasteiger partial charge is 0.277 e. The normalized spacial score (nSPS) is 27.1. The zero-order valence-electron chi connectivity index (χ0n) is 10.2. The lowest BCUT2D eigenvalue weighted by molar-refractivity contribution is -0.144. The molecule has 4 amide bonds. The van der Waals surface area contributed by atoms with Gasteiger partial charge in [-0.1, -0.05) is 13.3 Å². The largest absolute Gasteiger partial charge is 0.331 e. The minimum absolute atomic E-state index is 0.0880. The van der Waals surface area contributed by atoms with Gasteiger partial charge in [-0.2, -0.15) is 0 Å². The first-order valence-corrected chi connectivity index (χ1v) is 6.24. The van der Waals surface area contributed by atoms with Gasteiger partial charge in [0.15, 0.2) is 0 Å². The average Bonchev–Trinajstić information content (AvgIpc) is 3.07. The molecule has 1 N–H and O–H groups in total. The van der Waals surface area contributed by atoms with Crippen molar-refractivity contribution < 1.29 is 14.4 Å². The van der Waals surface area contributed by atoms with E-state index in [1.54, 1.807) is 0 Å². The molecule has 0 spiro atoms. The Labute approximate surface area is 101 Å². The van der Waals surface area contributed by atoms with Crippen molar-refractivity contribution in [1.29, 1.82) is 0 Å². The number of nitrogens with one attached hydrogen (secondary N) is 1. The lowest BCUT2D eigenvalue weighted by Crippen LogP contribution is -2.60. The summed E-state index contributed by atoms with van der Waals surface area (Å²) >= 11 is 0. The molecule has 2 atom stereocenters. The Morgan fingerprint density at radius 1 is 1.35 bits per heavy atom. The fraction of sp³-hybridized carbons (Fsp3) is 0.750. The van der Waals surface area contributed by atoms with Gasteiger partial charge in [-0.05, 0) is 32.1 Å². The number of nitrogens with zero attached hydrogens (tertiary/aromatic N) is 1. The van der Waals surface area contributed by atoms with Crippen LogP contribution in [0.25, 0.3) is 0 Å². The van der Waals surface area contributed by atoms with E-state index in [1.165, 1.54) is 4.90 Å². The minimum Gasteiger partial charge on any atom is -0.277 e. The second kappa shape index (κ2) is 4.47. The Balaban J connectivity index is 2.16. The molecule has 5 heteroatoms. The van der Waals surface area contributed by atoms with Crippen LogP contribution in [0.1, 0.15) is 39.5 Å². The summed E-state index contributed by atoms with van der Waals surface area (Å²) in [5.74, 6) is -1.03. The standard InChI is InChI=1S/C12H18N2O3/c1-3-4-9-10(15)13-12(17)14(11(9)16)7(2)8-5-6-8/h7-9H,3-6H2,1-2H3,(H,13,15,17). The number of carbonyl (C=O) groups excluding carboxylic acids is 3. The number of imide groups is 2. The molecule has 2 aliphatic rings. The van der Waals surface area contributed by atoms with Crippen molar-refractivity contribution >= 4 is 17.8 Å². The predicted octanol–water partition coefficient (Wildman–Crippen LogP) is 1.28. The molecule has 2 fully saturated rings. The van der Waals surface area contributed by atoms with E-state index in [-0.39, 0.29) is 11.9 Å². The fourth-order valence-corrected chi connectivity index (χ4v) is 2.35. The highest BCUT2D eigenvalue weighted by Gasteiger charge is 2.45. The highest BCUT2D eigenvalue weighted by atomic mass is 16.2. The van der Waals surface area contributed by atoms with Crippen molar-refractivity contribution in [1.82, 2.24) is 10.2 Å². The van der Waals surface area contributed by atoms with E-state index in [0.717, 1.165) is 19.3 Å². The predicted molar refractivity (Wildman–Crippen MR) is 61.0 cm³/mol. The van der Waals surface area contributed by atoms with Crippen LogP contribution in [0.5, 0.6) is 0 Å². The van der Waals surface area contributed by atoms with Crippen LogP contribution in [0.3, 0.4) is 0 Å². The van der Waals surface area contributed by atoms with Gasteiger partial charge < -0.3 is 0 Å². The number of amides is 4. The molecule has 0 aromatic carbocycles. The minimum atomic E-state index is -0.682. The maximum atomic E-state index is 12.2. The van der Waals surface area contributed by atoms with Crippen LogP contribution in [0.15, 0.2) is 0 Å². The van der Waals surface area contributed by atoms with E-state index < -0.39 is 17.9 Å². The Bertz CT molecular complexity index is 363. The lowest BCUT2D eigenvalue weighted by atomic mass is 9.97. The highest BCUT2D eigenvalue weighted by Crippen LogP contribution is 2.36. The second-order valence-electron chi connectivity index (χ2n) is 4.92. The van der Waals surface area contributed by atoms with Crippen molar-refractivity contribution in [2.45, 2.75) is 45.6 Å². The van der Waals surface area contributed by atoms with Crippen LogP contribution in [-0.4, -0.2) is 28.8 Å². The zero-order chi connectivity index (χ0) is 12.6. The van der Waals surface area contributed by atoms with Crippen molar-refractivity contribution in [2.24, 2.45) is 11.8 Å². The Morgan fingerprint density at radius 3 is 2.53 bits per heavy atom. The first-order chi connectivity index (χ1) is 8.06. The number of barbiturate groups is 1. The summed E-state index contributed by atoms with van der Waals surface area (Å²) in [5, 5.41) is 2.29. The third kappa shape index (κ3) is 2.18. The number of carbonyl (C=O) groups is 3. The van der Waals surface area contributed by atoms with Gasteiger partial charge in [-0.3, -0.25) is 19.8 Å². The summed E-state index contributed by atoms with van der Waals surface area (Å²) in [7, 11) is 0. The second-order valence-corrected chi connectivity index (χ2v) is 4.92. The van der Waals surface area contributed by atoms with Gasteiger partial charge in [0.2, 0.25) is 11.8 Å². The molecule has 1 heterocycles. The first-order valence-electron chi connectivity index (χ1n) is 6.24. The lowest BCUT2D eigenvalue weighted by Gasteiger charge is -2.34. The summed E-state index contributed by atoms with van der Waals surface area (Å²) in [6, 6.07) is -0.637. The van der Waals surface area contributed by atoms with Gasteiger partial charge in [-0.15, -0.1) is 0 Å². The summed E-state index contributed by atoms with van der Waals surface area (Å²) < 4.78 is 0. The van der Waals surface area contributed by atoms with E-state index in [2.05, 4.69) is 5.32 Å². The van der Waals surface area contributed by atoms with E-state index in [0.29, 0.717) is 12.3 Å². The molecular weight excluding hydrogens is 220 g/mol. The maximum absolute atomic E-state index is 12.2. The Morgan fingerprint density at radius 2 is 2.00 bits per heavy atom. The van der Waals surface area contributed by atoms with Gasteiger partial charge in [0.05, 0.1) is 0 Å². The molecule has 1 aliphatic carbocycles. The SMILES string of the molecule is CCCC1C(=O)NC(=O)N(C(C)C2CC2)C1=O. The van der Waals surface area contributed by atoms with Gasteiger partial charge >= 0.3 is 6.03 Å². The quantitative estimate of drug-likeness (QED) is 0.750. The molecule has 1 aliphatic heterocycles. The van der Waals surface area contributed by atoms with Crippen LogP contribution < -0.4 is 5.32 Å². The summed E-state index contributed by atoms with van der Waals surface area (Å²) in [5.41, 5.74) is 0. The first kappa shape index (κ1) is 12.1. The fourth-order valence-electron chi connectivity index (χ4n) is 2.35. The molecule has 0 bridgehead atoms. The summed E-state index contributed by atoms with van der Waals surface area (Å²) in [4.78, 5) is 36.7. The van der Waals surface area contributed by atoms with Crippen LogP contribution in [0.2, 0.25) is 0 Å². The monoisotopic (exact) mass is 238 g/mol. The summed E-state index contributed by atoms with van der Waals surface area (Å²) in [6.07, 6.45) is 3.38. The maximum Gasteiger partial charge on any atom is 0.331 e. The topological polar surface area (TPSA) is 66.5 Å². The van der Waals surface area contributed by atoms with Crippen LogP contribution in [0, 0.1) is 11.8 Å². The molecule has 2 rings (SSSR count).